The summed E-state index contributed by atoms with van der Waals surface area (Å²) in [5, 5.41) is 11.4. The topological polar surface area (TPSA) is 45.5 Å². The summed E-state index contributed by atoms with van der Waals surface area (Å²) in [4.78, 5) is 4.15. The van der Waals surface area contributed by atoms with E-state index in [1.807, 2.05) is 26.1 Å². The van der Waals surface area contributed by atoms with E-state index in [2.05, 4.69) is 10.1 Å². The van der Waals surface area contributed by atoms with E-state index in [9.17, 15) is 0 Å². The minimum absolute atomic E-state index is 0.897. The monoisotopic (exact) mass is 164 g/mol. The Morgan fingerprint density at radius 3 is 3.00 bits per heavy atom. The normalized spacial score (nSPS) is 10.8. The first-order valence-corrected chi connectivity index (χ1v) is 3.91. The number of aryl methyl sites for hydroxylation is 2. The Bertz CT molecular complexity index is 295. The number of rotatable bonds is 2. The fraction of sp³-hybridized carbons (Fsp3) is 0.333. The van der Waals surface area contributed by atoms with E-state index >= 15 is 0 Å². The number of hydrogen-bond donors (Lipinski definition) is 1. The summed E-state index contributed by atoms with van der Waals surface area (Å²) in [7, 11) is 0. The Balaban J connectivity index is 3.12. The van der Waals surface area contributed by atoms with Crippen LogP contribution in [0.2, 0.25) is 0 Å². The lowest BCUT2D eigenvalue weighted by Gasteiger charge is -2.01. The van der Waals surface area contributed by atoms with Crippen molar-refractivity contribution in [1.82, 2.24) is 4.98 Å². The fourth-order valence-electron chi connectivity index (χ4n) is 1.09. The zero-order chi connectivity index (χ0) is 8.97. The van der Waals surface area contributed by atoms with Gasteiger partial charge in [0, 0.05) is 17.5 Å². The van der Waals surface area contributed by atoms with Gasteiger partial charge in [0.1, 0.15) is 0 Å². The second-order valence-corrected chi connectivity index (χ2v) is 2.62. The van der Waals surface area contributed by atoms with E-state index in [0.717, 1.165) is 23.2 Å². The third-order valence-electron chi connectivity index (χ3n) is 1.74. The number of aromatic nitrogens is 1. The summed E-state index contributed by atoms with van der Waals surface area (Å²) in [6, 6.07) is 1.90. The summed E-state index contributed by atoms with van der Waals surface area (Å²) in [5.41, 5.74) is 2.97. The van der Waals surface area contributed by atoms with Crippen molar-refractivity contribution in [2.75, 3.05) is 0 Å². The van der Waals surface area contributed by atoms with E-state index in [-0.39, 0.29) is 0 Å². The van der Waals surface area contributed by atoms with Crippen LogP contribution >= 0.6 is 0 Å². The molecule has 0 unspecified atom stereocenters. The van der Waals surface area contributed by atoms with Crippen LogP contribution in [0, 0.1) is 6.92 Å². The molecule has 0 fully saturated rings. The van der Waals surface area contributed by atoms with Gasteiger partial charge in [0.2, 0.25) is 0 Å². The Hall–Kier alpha value is -1.38. The van der Waals surface area contributed by atoms with Crippen molar-refractivity contribution in [3.8, 4) is 0 Å². The van der Waals surface area contributed by atoms with Gasteiger partial charge in [-0.3, -0.25) is 4.98 Å². The van der Waals surface area contributed by atoms with E-state index < -0.39 is 0 Å². The third kappa shape index (κ3) is 1.81. The number of oxime groups is 1. The summed E-state index contributed by atoms with van der Waals surface area (Å²) in [6.45, 7) is 3.95. The number of hydrogen-bond acceptors (Lipinski definition) is 3. The molecule has 0 bridgehead atoms. The van der Waals surface area contributed by atoms with Crippen LogP contribution in [0.1, 0.15) is 23.7 Å². The molecular weight excluding hydrogens is 152 g/mol. The summed E-state index contributed by atoms with van der Waals surface area (Å²) < 4.78 is 0. The van der Waals surface area contributed by atoms with Gasteiger partial charge in [0.25, 0.3) is 0 Å². The van der Waals surface area contributed by atoms with E-state index in [1.54, 1.807) is 0 Å². The van der Waals surface area contributed by atoms with Crippen molar-refractivity contribution in [3.05, 3.63) is 29.1 Å². The molecule has 1 N–H and O–H groups in total. The Morgan fingerprint density at radius 1 is 1.67 bits per heavy atom. The predicted molar refractivity (Wildman–Crippen MR) is 47.7 cm³/mol. The van der Waals surface area contributed by atoms with E-state index in [0.29, 0.717) is 0 Å². The average molecular weight is 164 g/mol. The molecule has 1 rings (SSSR count). The Labute approximate surface area is 71.8 Å². The molecule has 64 valence electrons. The van der Waals surface area contributed by atoms with E-state index in [1.165, 1.54) is 6.21 Å². The standard InChI is InChI=1S/C9H12N2O/c1-3-8-5-10-7(2)4-9(8)6-11-12/h4-6,12H,3H2,1-2H3/b11-6+. The van der Waals surface area contributed by atoms with Gasteiger partial charge in [-0.05, 0) is 25.0 Å². The maximum Gasteiger partial charge on any atom is 0.0737 e. The Morgan fingerprint density at radius 2 is 2.42 bits per heavy atom. The quantitative estimate of drug-likeness (QED) is 0.411. The van der Waals surface area contributed by atoms with Gasteiger partial charge >= 0.3 is 0 Å². The lowest BCUT2D eigenvalue weighted by Crippen LogP contribution is -1.94. The molecule has 0 aliphatic heterocycles. The largest absolute Gasteiger partial charge is 0.411 e. The highest BCUT2D eigenvalue weighted by atomic mass is 16.4. The average Bonchev–Trinajstić information content (AvgIpc) is 2.05. The predicted octanol–water partition coefficient (Wildman–Crippen LogP) is 1.76. The highest BCUT2D eigenvalue weighted by Crippen LogP contribution is 2.07. The molecule has 12 heavy (non-hydrogen) atoms. The highest BCUT2D eigenvalue weighted by Gasteiger charge is 1.98. The maximum atomic E-state index is 8.38. The first kappa shape index (κ1) is 8.71. The smallest absolute Gasteiger partial charge is 0.0737 e. The molecule has 1 aromatic rings. The minimum Gasteiger partial charge on any atom is -0.411 e. The zero-order valence-corrected chi connectivity index (χ0v) is 7.28. The van der Waals surface area contributed by atoms with E-state index in [4.69, 9.17) is 5.21 Å². The van der Waals surface area contributed by atoms with Crippen LogP contribution in [-0.2, 0) is 6.42 Å². The lowest BCUT2D eigenvalue weighted by atomic mass is 10.1. The van der Waals surface area contributed by atoms with Crippen molar-refractivity contribution in [2.45, 2.75) is 20.3 Å². The fourth-order valence-corrected chi connectivity index (χ4v) is 1.09. The van der Waals surface area contributed by atoms with Gasteiger partial charge in [-0.1, -0.05) is 12.1 Å². The van der Waals surface area contributed by atoms with Crippen molar-refractivity contribution in [2.24, 2.45) is 5.16 Å². The molecule has 0 spiro atoms. The first-order valence-electron chi connectivity index (χ1n) is 3.91. The van der Waals surface area contributed by atoms with Crippen LogP contribution in [0.3, 0.4) is 0 Å². The van der Waals surface area contributed by atoms with Crippen molar-refractivity contribution >= 4 is 6.21 Å². The van der Waals surface area contributed by atoms with Crippen LogP contribution in [0.4, 0.5) is 0 Å². The summed E-state index contributed by atoms with van der Waals surface area (Å²) in [5.74, 6) is 0. The van der Waals surface area contributed by atoms with Crippen LogP contribution in [0.25, 0.3) is 0 Å². The van der Waals surface area contributed by atoms with Crippen LogP contribution in [0.15, 0.2) is 17.4 Å². The summed E-state index contributed by atoms with van der Waals surface area (Å²) >= 11 is 0. The molecule has 1 heterocycles. The molecule has 0 amide bonds. The van der Waals surface area contributed by atoms with Crippen molar-refractivity contribution in [3.63, 3.8) is 0 Å². The molecule has 0 saturated carbocycles. The highest BCUT2D eigenvalue weighted by molar-refractivity contribution is 5.81. The van der Waals surface area contributed by atoms with Gasteiger partial charge < -0.3 is 5.21 Å². The molecule has 0 saturated heterocycles. The molecular formula is C9H12N2O. The molecule has 0 aliphatic carbocycles. The van der Waals surface area contributed by atoms with Crippen LogP contribution in [0.5, 0.6) is 0 Å². The van der Waals surface area contributed by atoms with Crippen molar-refractivity contribution < 1.29 is 5.21 Å². The second-order valence-electron chi connectivity index (χ2n) is 2.62. The Kier molecular flexibility index (Phi) is 2.80. The third-order valence-corrected chi connectivity index (χ3v) is 1.74. The van der Waals surface area contributed by atoms with Gasteiger partial charge in [0.05, 0.1) is 6.21 Å². The van der Waals surface area contributed by atoms with Crippen LogP contribution < -0.4 is 0 Å². The molecule has 0 aromatic carbocycles. The molecule has 3 heteroatoms. The molecule has 3 nitrogen and oxygen atoms in total. The first-order chi connectivity index (χ1) is 5.77. The SMILES string of the molecule is CCc1cnc(C)cc1/C=N/O. The minimum atomic E-state index is 0.897. The zero-order valence-electron chi connectivity index (χ0n) is 7.28. The molecule has 1 aromatic heterocycles. The number of pyridine rings is 1. The molecule has 0 aliphatic rings. The van der Waals surface area contributed by atoms with Crippen molar-refractivity contribution in [1.29, 1.82) is 0 Å². The summed E-state index contributed by atoms with van der Waals surface area (Å²) in [6.07, 6.45) is 4.15. The van der Waals surface area contributed by atoms with Crippen LogP contribution in [-0.4, -0.2) is 16.4 Å². The maximum absolute atomic E-state index is 8.38. The molecule has 0 radical (unpaired) electrons. The van der Waals surface area contributed by atoms with Gasteiger partial charge in [-0.25, -0.2) is 0 Å². The number of nitrogens with zero attached hydrogens (tertiary/aromatic N) is 2. The molecule has 0 atom stereocenters. The lowest BCUT2D eigenvalue weighted by molar-refractivity contribution is 0.322. The van der Waals surface area contributed by atoms with Gasteiger partial charge in [0.15, 0.2) is 0 Å². The van der Waals surface area contributed by atoms with Gasteiger partial charge in [-0.15, -0.1) is 0 Å². The second kappa shape index (κ2) is 3.85. The van der Waals surface area contributed by atoms with Gasteiger partial charge in [-0.2, -0.15) is 0 Å².